The van der Waals surface area contributed by atoms with Gasteiger partial charge in [0, 0.05) is 12.2 Å². The van der Waals surface area contributed by atoms with Crippen molar-refractivity contribution in [2.45, 2.75) is 45.1 Å². The first-order chi connectivity index (χ1) is 9.15. The smallest absolute Gasteiger partial charge is 0.284 e. The summed E-state index contributed by atoms with van der Waals surface area (Å²) in [5.41, 5.74) is 1.05. The van der Waals surface area contributed by atoms with Crippen LogP contribution in [-0.4, -0.2) is 21.9 Å². The summed E-state index contributed by atoms with van der Waals surface area (Å²) in [5, 5.41) is 5.86. The molecule has 19 heavy (non-hydrogen) atoms. The molecular formula is C14H19N3OS. The fourth-order valence-corrected chi connectivity index (χ4v) is 2.49. The van der Waals surface area contributed by atoms with Gasteiger partial charge in [-0.1, -0.05) is 31.5 Å². The van der Waals surface area contributed by atoms with Crippen LogP contribution in [0.15, 0.2) is 18.3 Å². The molecule has 1 aliphatic carbocycles. The Labute approximate surface area is 119 Å². The van der Waals surface area contributed by atoms with Crippen molar-refractivity contribution in [3.05, 3.63) is 23.9 Å². The van der Waals surface area contributed by atoms with Gasteiger partial charge in [-0.3, -0.25) is 4.79 Å². The molecule has 102 valence electrons. The number of amides is 1. The highest BCUT2D eigenvalue weighted by Gasteiger charge is 2.17. The average molecular weight is 277 g/mol. The molecule has 1 amide bonds. The van der Waals surface area contributed by atoms with Crippen molar-refractivity contribution in [3.8, 4) is 0 Å². The monoisotopic (exact) mass is 277 g/mol. The van der Waals surface area contributed by atoms with Gasteiger partial charge in [-0.05, 0) is 37.5 Å². The predicted molar refractivity (Wildman–Crippen MR) is 80.2 cm³/mol. The summed E-state index contributed by atoms with van der Waals surface area (Å²) in [6, 6.07) is 4.05. The predicted octanol–water partition coefficient (Wildman–Crippen LogP) is 2.58. The van der Waals surface area contributed by atoms with Crippen molar-refractivity contribution in [1.29, 1.82) is 0 Å². The molecule has 1 aliphatic rings. The van der Waals surface area contributed by atoms with Crippen molar-refractivity contribution in [3.63, 3.8) is 0 Å². The van der Waals surface area contributed by atoms with Gasteiger partial charge in [-0.2, -0.15) is 0 Å². The van der Waals surface area contributed by atoms with Gasteiger partial charge in [0.25, 0.3) is 5.91 Å². The summed E-state index contributed by atoms with van der Waals surface area (Å²) >= 11 is 5.14. The maximum Gasteiger partial charge on any atom is 0.284 e. The summed E-state index contributed by atoms with van der Waals surface area (Å²) in [6.45, 7) is 1.95. The SMILES string of the molecule is Cc1ccnc(NC(=O)C(=S)NC2CCCCC2)c1. The number of aromatic nitrogens is 1. The number of carbonyl (C=O) groups excluding carboxylic acids is 1. The lowest BCUT2D eigenvalue weighted by atomic mass is 9.95. The normalized spacial score (nSPS) is 15.8. The number of aryl methyl sites for hydroxylation is 1. The van der Waals surface area contributed by atoms with Gasteiger partial charge in [0.2, 0.25) is 0 Å². The zero-order valence-electron chi connectivity index (χ0n) is 11.1. The molecule has 5 heteroatoms. The van der Waals surface area contributed by atoms with E-state index in [-0.39, 0.29) is 10.9 Å². The molecule has 4 nitrogen and oxygen atoms in total. The highest BCUT2D eigenvalue weighted by Crippen LogP contribution is 2.17. The molecule has 0 unspecified atom stereocenters. The van der Waals surface area contributed by atoms with E-state index in [2.05, 4.69) is 15.6 Å². The van der Waals surface area contributed by atoms with E-state index in [1.54, 1.807) is 6.20 Å². The third-order valence-electron chi connectivity index (χ3n) is 3.30. The Morgan fingerprint density at radius 3 is 2.79 bits per heavy atom. The molecular weight excluding hydrogens is 258 g/mol. The lowest BCUT2D eigenvalue weighted by Gasteiger charge is -2.23. The number of nitrogens with one attached hydrogen (secondary N) is 2. The van der Waals surface area contributed by atoms with Crippen molar-refractivity contribution >= 4 is 28.9 Å². The molecule has 0 atom stereocenters. The zero-order chi connectivity index (χ0) is 13.7. The van der Waals surface area contributed by atoms with Gasteiger partial charge in [0.05, 0.1) is 0 Å². The fourth-order valence-electron chi connectivity index (χ4n) is 2.28. The van der Waals surface area contributed by atoms with Crippen LogP contribution in [0.25, 0.3) is 0 Å². The molecule has 0 aliphatic heterocycles. The van der Waals surface area contributed by atoms with Gasteiger partial charge in [0.1, 0.15) is 5.82 Å². The van der Waals surface area contributed by atoms with E-state index in [9.17, 15) is 4.79 Å². The Hall–Kier alpha value is -1.49. The third-order valence-corrected chi connectivity index (χ3v) is 3.61. The minimum Gasteiger partial charge on any atom is -0.369 e. The lowest BCUT2D eigenvalue weighted by molar-refractivity contribution is -0.110. The Morgan fingerprint density at radius 1 is 1.37 bits per heavy atom. The van der Waals surface area contributed by atoms with Gasteiger partial charge >= 0.3 is 0 Å². The maximum absolute atomic E-state index is 11.9. The van der Waals surface area contributed by atoms with Crippen molar-refractivity contribution in [2.24, 2.45) is 0 Å². The summed E-state index contributed by atoms with van der Waals surface area (Å²) < 4.78 is 0. The quantitative estimate of drug-likeness (QED) is 0.816. The van der Waals surface area contributed by atoms with E-state index in [4.69, 9.17) is 12.2 Å². The highest BCUT2D eigenvalue weighted by molar-refractivity contribution is 7.82. The Kier molecular flexibility index (Phi) is 4.85. The Bertz CT molecular complexity index is 470. The molecule has 2 rings (SSSR count). The molecule has 1 heterocycles. The van der Waals surface area contributed by atoms with Crippen LogP contribution in [0.4, 0.5) is 5.82 Å². The summed E-state index contributed by atoms with van der Waals surface area (Å²) in [4.78, 5) is 16.3. The summed E-state index contributed by atoms with van der Waals surface area (Å²) in [6.07, 6.45) is 7.56. The topological polar surface area (TPSA) is 54.0 Å². The molecule has 1 saturated carbocycles. The number of hydrogen-bond acceptors (Lipinski definition) is 3. The fraction of sp³-hybridized carbons (Fsp3) is 0.500. The molecule has 1 aromatic rings. The number of pyridine rings is 1. The van der Waals surface area contributed by atoms with Crippen LogP contribution >= 0.6 is 12.2 Å². The van der Waals surface area contributed by atoms with Gasteiger partial charge in [0.15, 0.2) is 4.99 Å². The molecule has 0 radical (unpaired) electrons. The van der Waals surface area contributed by atoms with E-state index in [0.29, 0.717) is 11.9 Å². The second kappa shape index (κ2) is 6.61. The van der Waals surface area contributed by atoms with Crippen LogP contribution in [0.2, 0.25) is 0 Å². The third kappa shape index (κ3) is 4.28. The van der Waals surface area contributed by atoms with Crippen LogP contribution in [0, 0.1) is 6.92 Å². The van der Waals surface area contributed by atoms with Crippen molar-refractivity contribution < 1.29 is 4.79 Å². The van der Waals surface area contributed by atoms with E-state index < -0.39 is 0 Å². The molecule has 0 saturated heterocycles. The average Bonchev–Trinajstić information content (AvgIpc) is 2.40. The van der Waals surface area contributed by atoms with Crippen LogP contribution in [0.1, 0.15) is 37.7 Å². The standard InChI is InChI=1S/C14H19N3OS/c1-10-7-8-15-12(9-10)17-13(18)14(19)16-11-5-3-2-4-6-11/h7-9,11H,2-6H2,1H3,(H,16,19)(H,15,17,18). The van der Waals surface area contributed by atoms with E-state index >= 15 is 0 Å². The van der Waals surface area contributed by atoms with Gasteiger partial charge in [-0.15, -0.1) is 0 Å². The highest BCUT2D eigenvalue weighted by atomic mass is 32.1. The molecule has 0 spiro atoms. The van der Waals surface area contributed by atoms with Crippen LogP contribution < -0.4 is 10.6 Å². The largest absolute Gasteiger partial charge is 0.369 e. The molecule has 0 bridgehead atoms. The summed E-state index contributed by atoms with van der Waals surface area (Å²) in [7, 11) is 0. The van der Waals surface area contributed by atoms with E-state index in [0.717, 1.165) is 18.4 Å². The Morgan fingerprint density at radius 2 is 2.11 bits per heavy atom. The van der Waals surface area contributed by atoms with Crippen molar-refractivity contribution in [1.82, 2.24) is 10.3 Å². The molecule has 1 fully saturated rings. The molecule has 0 aromatic carbocycles. The number of thiocarbonyl (C=S) groups is 1. The zero-order valence-corrected chi connectivity index (χ0v) is 11.9. The first kappa shape index (κ1) is 13.9. The number of carbonyl (C=O) groups is 1. The minimum atomic E-state index is -0.279. The van der Waals surface area contributed by atoms with Crippen molar-refractivity contribution in [2.75, 3.05) is 5.32 Å². The second-order valence-electron chi connectivity index (χ2n) is 4.98. The Balaban J connectivity index is 1.86. The van der Waals surface area contributed by atoms with E-state index in [1.165, 1.54) is 19.3 Å². The lowest BCUT2D eigenvalue weighted by Crippen LogP contribution is -2.41. The second-order valence-corrected chi connectivity index (χ2v) is 5.39. The van der Waals surface area contributed by atoms with Crippen LogP contribution in [0.3, 0.4) is 0 Å². The molecule has 1 aromatic heterocycles. The number of hydrogen-bond donors (Lipinski definition) is 2. The van der Waals surface area contributed by atoms with Gasteiger partial charge < -0.3 is 10.6 Å². The van der Waals surface area contributed by atoms with Gasteiger partial charge in [-0.25, -0.2) is 4.98 Å². The minimum absolute atomic E-state index is 0.259. The number of rotatable bonds is 2. The summed E-state index contributed by atoms with van der Waals surface area (Å²) in [5.74, 6) is 0.261. The van der Waals surface area contributed by atoms with Crippen LogP contribution in [-0.2, 0) is 4.79 Å². The number of nitrogens with zero attached hydrogens (tertiary/aromatic N) is 1. The molecule has 2 N–H and O–H groups in total. The maximum atomic E-state index is 11.9. The number of anilines is 1. The first-order valence-electron chi connectivity index (χ1n) is 6.69. The van der Waals surface area contributed by atoms with E-state index in [1.807, 2.05) is 19.1 Å². The first-order valence-corrected chi connectivity index (χ1v) is 7.10. The van der Waals surface area contributed by atoms with Crippen LogP contribution in [0.5, 0.6) is 0 Å².